The van der Waals surface area contributed by atoms with E-state index >= 15 is 0 Å². The lowest BCUT2D eigenvalue weighted by atomic mass is 10.2. The van der Waals surface area contributed by atoms with Gasteiger partial charge in [-0.05, 0) is 35.1 Å². The van der Waals surface area contributed by atoms with E-state index in [2.05, 4.69) is 4.98 Å². The third kappa shape index (κ3) is 3.27. The molecule has 1 rings (SSSR count). The minimum atomic E-state index is -4.27. The molecule has 15 heavy (non-hydrogen) atoms. The maximum absolute atomic E-state index is 10.9. The monoisotopic (exact) mass is 360 g/mol. The van der Waals surface area contributed by atoms with Crippen molar-refractivity contribution in [3.05, 3.63) is 26.2 Å². The van der Waals surface area contributed by atoms with Gasteiger partial charge in [0.15, 0.2) is 4.98 Å². The van der Waals surface area contributed by atoms with Crippen molar-refractivity contribution in [2.45, 2.75) is 11.8 Å². The Morgan fingerprint density at radius 1 is 1.47 bits per heavy atom. The van der Waals surface area contributed by atoms with Gasteiger partial charge in [0.05, 0.1) is 6.07 Å². The average molecular weight is 361 g/mol. The lowest BCUT2D eigenvalue weighted by Crippen LogP contribution is -3.00. The summed E-state index contributed by atoms with van der Waals surface area (Å²) in [7, 11) is -4.27. The highest BCUT2D eigenvalue weighted by atomic mass is 127. The molecule has 0 radical (unpaired) electrons. The molecular formula is C7H6ClIN2O3S. The molecule has 1 N–H and O–H groups in total. The largest absolute Gasteiger partial charge is 1.00 e. The van der Waals surface area contributed by atoms with E-state index < -0.39 is 10.1 Å². The Bertz CT molecular complexity index is 524. The van der Waals surface area contributed by atoms with Crippen molar-refractivity contribution in [2.24, 2.45) is 0 Å². The van der Waals surface area contributed by atoms with Crippen molar-refractivity contribution in [3.8, 4) is 0 Å². The van der Waals surface area contributed by atoms with Gasteiger partial charge in [-0.3, -0.25) is 4.55 Å². The van der Waals surface area contributed by atoms with E-state index in [4.69, 9.17) is 9.95 Å². The van der Waals surface area contributed by atoms with Crippen LogP contribution in [0.2, 0.25) is 0 Å². The van der Waals surface area contributed by atoms with E-state index in [1.165, 1.54) is 6.07 Å². The molecule has 8 heteroatoms. The fraction of sp³-hybridized carbons (Fsp3) is 0.143. The van der Waals surface area contributed by atoms with E-state index in [0.717, 1.165) is 6.07 Å². The molecule has 0 bridgehead atoms. The normalized spacial score (nSPS) is 10.3. The molecule has 0 aliphatic heterocycles. The number of benzene rings is 1. The first-order valence-electron chi connectivity index (χ1n) is 3.49. The maximum Gasteiger partial charge on any atom is 0.386 e. The van der Waals surface area contributed by atoms with Crippen LogP contribution in [0.1, 0.15) is 5.56 Å². The lowest BCUT2D eigenvalue weighted by molar-refractivity contribution is -0.00000715. The van der Waals surface area contributed by atoms with Gasteiger partial charge in [0.1, 0.15) is 4.90 Å². The highest BCUT2D eigenvalue weighted by Gasteiger charge is 2.21. The van der Waals surface area contributed by atoms with Crippen LogP contribution in [0.25, 0.3) is 4.98 Å². The second-order valence-corrected chi connectivity index (χ2v) is 5.12. The smallest absolute Gasteiger partial charge is 0.386 e. The Kier molecular flexibility index (Phi) is 4.92. The first kappa shape index (κ1) is 14.6. The summed E-state index contributed by atoms with van der Waals surface area (Å²) in [6.07, 6.45) is 0. The molecule has 1 aromatic carbocycles. The molecule has 0 aromatic heterocycles. The molecule has 0 heterocycles. The number of rotatable bonds is 1. The number of hydrogen-bond acceptors (Lipinski definition) is 3. The maximum atomic E-state index is 10.9. The summed E-state index contributed by atoms with van der Waals surface area (Å²) >= 11 is 1.80. The van der Waals surface area contributed by atoms with Crippen LogP contribution >= 0.6 is 22.6 Å². The number of halogens is 2. The Morgan fingerprint density at radius 3 is 2.40 bits per heavy atom. The van der Waals surface area contributed by atoms with Crippen LogP contribution < -0.4 is 12.4 Å². The molecule has 0 atom stereocenters. The van der Waals surface area contributed by atoms with Crippen LogP contribution in [-0.4, -0.2) is 13.0 Å². The van der Waals surface area contributed by atoms with Crippen molar-refractivity contribution in [1.29, 1.82) is 5.39 Å². The summed E-state index contributed by atoms with van der Waals surface area (Å²) in [6, 6.07) is 2.61. The Morgan fingerprint density at radius 2 is 2.00 bits per heavy atom. The van der Waals surface area contributed by atoms with Crippen LogP contribution in [-0.2, 0) is 10.1 Å². The standard InChI is InChI=1S/C7H5IN2O3S.ClH/c1-4-2-5(10-9)3-6(7(4)8)14(11,12)13;/h2-3H,1H3;1H. The summed E-state index contributed by atoms with van der Waals surface area (Å²) in [6.45, 7) is 1.66. The van der Waals surface area contributed by atoms with Crippen LogP contribution in [0.15, 0.2) is 17.0 Å². The van der Waals surface area contributed by atoms with Gasteiger partial charge < -0.3 is 12.4 Å². The lowest BCUT2D eigenvalue weighted by Gasteiger charge is -2.01. The fourth-order valence-electron chi connectivity index (χ4n) is 0.964. The third-order valence-electron chi connectivity index (χ3n) is 1.60. The molecule has 5 nitrogen and oxygen atoms in total. The SMILES string of the molecule is Cc1cc([N+]#N)cc(S(=O)(=O)O)c1I.[Cl-]. The summed E-state index contributed by atoms with van der Waals surface area (Å²) in [4.78, 5) is 2.62. The molecule has 0 spiro atoms. The molecule has 0 saturated carbocycles. The van der Waals surface area contributed by atoms with Crippen LogP contribution in [0.3, 0.4) is 0 Å². The second-order valence-electron chi connectivity index (χ2n) is 2.65. The molecule has 0 aliphatic carbocycles. The van der Waals surface area contributed by atoms with Gasteiger partial charge in [0, 0.05) is 9.64 Å². The minimum absolute atomic E-state index is 0. The molecule has 1 aromatic rings. The fourth-order valence-corrected chi connectivity index (χ4v) is 2.77. The molecular weight excluding hydrogens is 355 g/mol. The summed E-state index contributed by atoms with van der Waals surface area (Å²) in [5.74, 6) is 0. The quantitative estimate of drug-likeness (QED) is 0.409. The molecule has 0 saturated heterocycles. The molecule has 0 aliphatic rings. The summed E-state index contributed by atoms with van der Waals surface area (Å²) < 4.78 is 31.1. The van der Waals surface area contributed by atoms with E-state index in [0.29, 0.717) is 9.13 Å². The molecule has 0 unspecified atom stereocenters. The van der Waals surface area contributed by atoms with Gasteiger partial charge in [-0.2, -0.15) is 8.42 Å². The minimum Gasteiger partial charge on any atom is -1.00 e. The van der Waals surface area contributed by atoms with Gasteiger partial charge in [-0.25, -0.2) is 0 Å². The first-order chi connectivity index (χ1) is 6.36. The molecule has 0 fully saturated rings. The van der Waals surface area contributed by atoms with Gasteiger partial charge in [-0.1, -0.05) is 0 Å². The van der Waals surface area contributed by atoms with E-state index in [9.17, 15) is 8.42 Å². The van der Waals surface area contributed by atoms with Gasteiger partial charge in [0.25, 0.3) is 10.1 Å². The predicted molar refractivity (Wildman–Crippen MR) is 58.5 cm³/mol. The van der Waals surface area contributed by atoms with Crippen molar-refractivity contribution in [3.63, 3.8) is 0 Å². The van der Waals surface area contributed by atoms with Crippen molar-refractivity contribution >= 4 is 38.4 Å². The number of hydrogen-bond donors (Lipinski definition) is 1. The van der Waals surface area contributed by atoms with E-state index in [-0.39, 0.29) is 23.0 Å². The van der Waals surface area contributed by atoms with Crippen LogP contribution in [0.4, 0.5) is 5.69 Å². The zero-order valence-corrected chi connectivity index (χ0v) is 11.2. The average Bonchev–Trinajstić information content (AvgIpc) is 2.07. The topological polar surface area (TPSA) is 82.5 Å². The summed E-state index contributed by atoms with van der Waals surface area (Å²) in [5, 5.41) is 8.49. The predicted octanol–water partition coefficient (Wildman–Crippen LogP) is -0.665. The van der Waals surface area contributed by atoms with Gasteiger partial charge in [-0.15, -0.1) is 0 Å². The van der Waals surface area contributed by atoms with Crippen molar-refractivity contribution in [1.82, 2.24) is 0 Å². The highest BCUT2D eigenvalue weighted by Crippen LogP contribution is 2.27. The Hall–Kier alpha value is -0.430. The van der Waals surface area contributed by atoms with Crippen molar-refractivity contribution in [2.75, 3.05) is 0 Å². The molecule has 82 valence electrons. The third-order valence-corrected chi connectivity index (χ3v) is 4.27. The summed E-state index contributed by atoms with van der Waals surface area (Å²) in [5.41, 5.74) is 0.712. The van der Waals surface area contributed by atoms with Gasteiger partial charge in [0.2, 0.25) is 5.39 Å². The van der Waals surface area contributed by atoms with Crippen LogP contribution in [0, 0.1) is 15.9 Å². The Balaban J connectivity index is 0.00000196. The van der Waals surface area contributed by atoms with E-state index in [1.54, 1.807) is 29.5 Å². The van der Waals surface area contributed by atoms with Gasteiger partial charge >= 0.3 is 5.69 Å². The zero-order chi connectivity index (χ0) is 10.9. The molecule has 0 amide bonds. The number of aryl methyl sites for hydroxylation is 1. The zero-order valence-electron chi connectivity index (χ0n) is 7.48. The van der Waals surface area contributed by atoms with E-state index in [1.807, 2.05) is 0 Å². The van der Waals surface area contributed by atoms with Crippen LogP contribution in [0.5, 0.6) is 0 Å². The number of nitrogens with zero attached hydrogens (tertiary/aromatic N) is 2. The second kappa shape index (κ2) is 5.07. The first-order valence-corrected chi connectivity index (χ1v) is 6.01. The number of diazo groups is 1. The highest BCUT2D eigenvalue weighted by molar-refractivity contribution is 14.1. The Labute approximate surface area is 107 Å². The van der Waals surface area contributed by atoms with Crippen molar-refractivity contribution < 1.29 is 25.4 Å².